The van der Waals surface area contributed by atoms with Crippen LogP contribution in [0.3, 0.4) is 0 Å². The molecule has 2 N–H and O–H groups in total. The van der Waals surface area contributed by atoms with E-state index in [1.807, 2.05) is 56.3 Å². The third-order valence-electron chi connectivity index (χ3n) is 4.69. The molecule has 158 valence electrons. The Morgan fingerprint density at radius 3 is 2.52 bits per heavy atom. The van der Waals surface area contributed by atoms with Gasteiger partial charge in [0.25, 0.3) is 0 Å². The van der Waals surface area contributed by atoms with Crippen LogP contribution in [0.5, 0.6) is 5.75 Å². The Balaban J connectivity index is 1.60. The van der Waals surface area contributed by atoms with E-state index in [1.165, 1.54) is 6.21 Å². The van der Waals surface area contributed by atoms with Gasteiger partial charge in [-0.2, -0.15) is 5.10 Å². The van der Waals surface area contributed by atoms with Crippen molar-refractivity contribution in [1.82, 2.24) is 5.43 Å². The minimum atomic E-state index is -0.869. The quantitative estimate of drug-likeness (QED) is 0.336. The zero-order chi connectivity index (χ0) is 22.2. The van der Waals surface area contributed by atoms with Crippen LogP contribution in [0.4, 0.5) is 5.69 Å². The maximum Gasteiger partial charge on any atom is 0.329 e. The molecule has 0 bridgehead atoms. The topological polar surface area (TPSA) is 79.8 Å². The van der Waals surface area contributed by atoms with Gasteiger partial charge in [0.2, 0.25) is 0 Å². The van der Waals surface area contributed by atoms with E-state index < -0.39 is 11.8 Å². The molecule has 0 atom stereocenters. The Labute approximate surface area is 185 Å². The van der Waals surface area contributed by atoms with Crippen LogP contribution in [0.1, 0.15) is 22.3 Å². The molecule has 0 heterocycles. The maximum absolute atomic E-state index is 12.1. The number of para-hydroxylation sites is 1. The molecule has 6 nitrogen and oxygen atoms in total. The van der Waals surface area contributed by atoms with Crippen molar-refractivity contribution < 1.29 is 14.3 Å². The fraction of sp³-hybridized carbons (Fsp3) is 0.125. The predicted molar refractivity (Wildman–Crippen MR) is 123 cm³/mol. The number of amides is 2. The lowest BCUT2D eigenvalue weighted by molar-refractivity contribution is -0.136. The van der Waals surface area contributed by atoms with E-state index in [2.05, 4.69) is 15.8 Å². The van der Waals surface area contributed by atoms with Gasteiger partial charge in [0.15, 0.2) is 0 Å². The molecule has 3 rings (SSSR count). The van der Waals surface area contributed by atoms with Crippen LogP contribution in [-0.2, 0) is 16.2 Å². The molecule has 0 fully saturated rings. The molecule has 3 aromatic rings. The Kier molecular flexibility index (Phi) is 7.40. The van der Waals surface area contributed by atoms with E-state index in [4.69, 9.17) is 16.3 Å². The summed E-state index contributed by atoms with van der Waals surface area (Å²) < 4.78 is 5.84. The average Bonchev–Trinajstić information content (AvgIpc) is 2.77. The largest absolute Gasteiger partial charge is 0.488 e. The van der Waals surface area contributed by atoms with Crippen molar-refractivity contribution in [3.05, 3.63) is 94.0 Å². The Morgan fingerprint density at radius 1 is 0.968 bits per heavy atom. The number of aryl methyl sites for hydroxylation is 1. The van der Waals surface area contributed by atoms with Crippen LogP contribution in [0.25, 0.3) is 0 Å². The molecule has 0 aliphatic rings. The van der Waals surface area contributed by atoms with Crippen molar-refractivity contribution in [3.8, 4) is 5.75 Å². The van der Waals surface area contributed by atoms with E-state index >= 15 is 0 Å². The number of nitrogens with zero attached hydrogens (tertiary/aromatic N) is 1. The Bertz CT molecular complexity index is 1130. The summed E-state index contributed by atoms with van der Waals surface area (Å²) >= 11 is 6.16. The minimum Gasteiger partial charge on any atom is -0.488 e. The van der Waals surface area contributed by atoms with Crippen LogP contribution >= 0.6 is 11.6 Å². The summed E-state index contributed by atoms with van der Waals surface area (Å²) in [5, 5.41) is 7.10. The lowest BCUT2D eigenvalue weighted by Crippen LogP contribution is -2.32. The molecule has 0 aliphatic carbocycles. The van der Waals surface area contributed by atoms with Crippen molar-refractivity contribution in [2.45, 2.75) is 20.5 Å². The zero-order valence-corrected chi connectivity index (χ0v) is 17.9. The third-order valence-corrected chi connectivity index (χ3v) is 5.06. The first-order valence-electron chi connectivity index (χ1n) is 9.61. The van der Waals surface area contributed by atoms with Gasteiger partial charge >= 0.3 is 11.8 Å². The molecule has 0 saturated carbocycles. The summed E-state index contributed by atoms with van der Waals surface area (Å²) in [4.78, 5) is 24.2. The first-order chi connectivity index (χ1) is 15.0. The van der Waals surface area contributed by atoms with Crippen LogP contribution < -0.4 is 15.5 Å². The van der Waals surface area contributed by atoms with Gasteiger partial charge in [0.1, 0.15) is 12.4 Å². The summed E-state index contributed by atoms with van der Waals surface area (Å²) in [5.74, 6) is -1.10. The second-order valence-electron chi connectivity index (χ2n) is 6.82. The second-order valence-corrected chi connectivity index (χ2v) is 7.23. The van der Waals surface area contributed by atoms with Gasteiger partial charge in [-0.25, -0.2) is 5.43 Å². The number of carbonyl (C=O) groups excluding carboxylic acids is 2. The summed E-state index contributed by atoms with van der Waals surface area (Å²) in [6.07, 6.45) is 1.42. The van der Waals surface area contributed by atoms with Gasteiger partial charge in [-0.05, 0) is 49.2 Å². The molecule has 0 saturated heterocycles. The van der Waals surface area contributed by atoms with E-state index in [9.17, 15) is 9.59 Å². The molecule has 0 aromatic heterocycles. The van der Waals surface area contributed by atoms with Gasteiger partial charge in [0.05, 0.1) is 6.21 Å². The standard InChI is InChI=1S/C24H22ClN3O3/c1-16-8-7-12-21(17(16)2)27-23(29)24(30)28-26-14-18-9-4-6-13-22(18)31-15-19-10-3-5-11-20(19)25/h3-14H,15H2,1-2H3,(H,27,29)(H,28,30)/b26-14+. The average molecular weight is 436 g/mol. The van der Waals surface area contributed by atoms with Crippen molar-refractivity contribution in [1.29, 1.82) is 0 Å². The highest BCUT2D eigenvalue weighted by Gasteiger charge is 2.14. The molecule has 3 aromatic carbocycles. The lowest BCUT2D eigenvalue weighted by Gasteiger charge is -2.10. The highest BCUT2D eigenvalue weighted by Crippen LogP contribution is 2.21. The van der Waals surface area contributed by atoms with Crippen molar-refractivity contribution in [2.24, 2.45) is 5.10 Å². The third kappa shape index (κ3) is 5.93. The molecule has 0 spiro atoms. The molecular weight excluding hydrogens is 414 g/mol. The van der Waals surface area contributed by atoms with Crippen molar-refractivity contribution in [3.63, 3.8) is 0 Å². The second kappa shape index (κ2) is 10.4. The number of halogens is 1. The number of benzene rings is 3. The van der Waals surface area contributed by atoms with Gasteiger partial charge in [0, 0.05) is 21.8 Å². The first kappa shape index (κ1) is 22.1. The molecule has 7 heteroatoms. The Morgan fingerprint density at radius 2 is 1.71 bits per heavy atom. The molecule has 0 radical (unpaired) electrons. The summed E-state index contributed by atoms with van der Waals surface area (Å²) in [5.41, 5.74) is 6.24. The fourth-order valence-corrected chi connectivity index (χ4v) is 2.96. The van der Waals surface area contributed by atoms with Gasteiger partial charge < -0.3 is 10.1 Å². The van der Waals surface area contributed by atoms with E-state index in [0.29, 0.717) is 22.0 Å². The minimum absolute atomic E-state index is 0.287. The van der Waals surface area contributed by atoms with E-state index in [0.717, 1.165) is 16.7 Å². The number of carbonyl (C=O) groups is 2. The monoisotopic (exact) mass is 435 g/mol. The number of hydrazone groups is 1. The van der Waals surface area contributed by atoms with Crippen molar-refractivity contribution >= 4 is 35.3 Å². The van der Waals surface area contributed by atoms with Gasteiger partial charge in [-0.3, -0.25) is 9.59 Å². The van der Waals surface area contributed by atoms with Crippen LogP contribution in [-0.4, -0.2) is 18.0 Å². The molecule has 0 unspecified atom stereocenters. The van der Waals surface area contributed by atoms with E-state index in [1.54, 1.807) is 24.3 Å². The lowest BCUT2D eigenvalue weighted by atomic mass is 10.1. The number of anilines is 1. The van der Waals surface area contributed by atoms with Crippen LogP contribution in [0.15, 0.2) is 71.8 Å². The number of hydrogen-bond acceptors (Lipinski definition) is 4. The normalized spacial score (nSPS) is 10.7. The number of nitrogens with one attached hydrogen (secondary N) is 2. The maximum atomic E-state index is 12.1. The molecule has 0 aliphatic heterocycles. The zero-order valence-electron chi connectivity index (χ0n) is 17.2. The molecular formula is C24H22ClN3O3. The number of ether oxygens (including phenoxy) is 1. The molecule has 31 heavy (non-hydrogen) atoms. The SMILES string of the molecule is Cc1cccc(NC(=O)C(=O)N/N=C/c2ccccc2OCc2ccccc2Cl)c1C. The van der Waals surface area contributed by atoms with Gasteiger partial charge in [-0.15, -0.1) is 0 Å². The first-order valence-corrected chi connectivity index (χ1v) is 9.99. The number of hydrogen-bond donors (Lipinski definition) is 2. The summed E-state index contributed by atoms with van der Waals surface area (Å²) in [6, 6.07) is 20.1. The highest BCUT2D eigenvalue weighted by atomic mass is 35.5. The summed E-state index contributed by atoms with van der Waals surface area (Å²) in [6.45, 7) is 4.09. The smallest absolute Gasteiger partial charge is 0.329 e. The fourth-order valence-electron chi connectivity index (χ4n) is 2.77. The highest BCUT2D eigenvalue weighted by molar-refractivity contribution is 6.39. The Hall–Kier alpha value is -3.64. The van der Waals surface area contributed by atoms with Gasteiger partial charge in [-0.1, -0.05) is 54.1 Å². The predicted octanol–water partition coefficient (Wildman–Crippen LogP) is 4.62. The van der Waals surface area contributed by atoms with E-state index in [-0.39, 0.29) is 6.61 Å². The van der Waals surface area contributed by atoms with Crippen LogP contribution in [0.2, 0.25) is 5.02 Å². The van der Waals surface area contributed by atoms with Crippen molar-refractivity contribution in [2.75, 3.05) is 5.32 Å². The summed E-state index contributed by atoms with van der Waals surface area (Å²) in [7, 11) is 0. The van der Waals surface area contributed by atoms with Crippen LogP contribution in [0, 0.1) is 13.8 Å². The molecule has 2 amide bonds. The number of rotatable bonds is 6.